The second-order valence-corrected chi connectivity index (χ2v) is 3.17. The maximum atomic E-state index is 11.8. The zero-order valence-electron chi connectivity index (χ0n) is 8.59. The monoisotopic (exact) mass is 251 g/mol. The van der Waals surface area contributed by atoms with Gasteiger partial charge >= 0.3 is 11.9 Å². The van der Waals surface area contributed by atoms with E-state index in [1.54, 1.807) is 0 Å². The molecular weight excluding hydrogens is 243 g/mol. The maximum absolute atomic E-state index is 11.8. The van der Waals surface area contributed by atoms with Crippen LogP contribution >= 0.6 is 0 Å². The fraction of sp³-hybridized carbons (Fsp3) is 0.375. The van der Waals surface area contributed by atoms with Crippen LogP contribution in [0.15, 0.2) is 15.8 Å². The molecule has 0 radical (unpaired) electrons. The van der Waals surface area contributed by atoms with Gasteiger partial charge in [0.15, 0.2) is 0 Å². The normalized spacial score (nSPS) is 11.3. The topological polar surface area (TPSA) is 84.0 Å². The summed E-state index contributed by atoms with van der Waals surface area (Å²) >= 11 is 0. The standard InChI is InChI=1S/C8H8F3N3O3/c1-14-6(16)4(2-12-7(14)17)5(15)13-3-8(9,10)11/h2H,3H2,1H3,(H,12,17)(H,13,15). The van der Waals surface area contributed by atoms with Gasteiger partial charge < -0.3 is 10.3 Å². The number of aromatic amines is 1. The Balaban J connectivity index is 2.95. The van der Waals surface area contributed by atoms with Crippen LogP contribution in [0.3, 0.4) is 0 Å². The summed E-state index contributed by atoms with van der Waals surface area (Å²) < 4.78 is 36.0. The zero-order valence-corrected chi connectivity index (χ0v) is 8.59. The van der Waals surface area contributed by atoms with E-state index in [1.165, 1.54) is 5.32 Å². The lowest BCUT2D eigenvalue weighted by molar-refractivity contribution is -0.123. The molecule has 94 valence electrons. The molecule has 0 unspecified atom stereocenters. The first-order valence-corrected chi connectivity index (χ1v) is 4.36. The summed E-state index contributed by atoms with van der Waals surface area (Å²) in [7, 11) is 1.10. The minimum atomic E-state index is -4.57. The molecule has 0 saturated heterocycles. The highest BCUT2D eigenvalue weighted by Gasteiger charge is 2.28. The summed E-state index contributed by atoms with van der Waals surface area (Å²) in [5.41, 5.74) is -2.29. The minimum absolute atomic E-state index is 0.559. The molecule has 2 N–H and O–H groups in total. The van der Waals surface area contributed by atoms with Crippen LogP contribution in [0.2, 0.25) is 0 Å². The fourth-order valence-corrected chi connectivity index (χ4v) is 1.00. The average molecular weight is 251 g/mol. The van der Waals surface area contributed by atoms with Crippen molar-refractivity contribution in [1.29, 1.82) is 0 Å². The number of carbonyl (C=O) groups excluding carboxylic acids is 1. The summed E-state index contributed by atoms with van der Waals surface area (Å²) in [6.45, 7) is -1.55. The van der Waals surface area contributed by atoms with Crippen LogP contribution in [-0.4, -0.2) is 28.2 Å². The number of carbonyl (C=O) groups is 1. The van der Waals surface area contributed by atoms with Gasteiger partial charge in [0.25, 0.3) is 11.5 Å². The van der Waals surface area contributed by atoms with Crippen LogP contribution in [0.1, 0.15) is 10.4 Å². The van der Waals surface area contributed by atoms with Crippen LogP contribution in [0, 0.1) is 0 Å². The highest BCUT2D eigenvalue weighted by molar-refractivity contribution is 5.93. The fourth-order valence-electron chi connectivity index (χ4n) is 1.00. The summed E-state index contributed by atoms with van der Waals surface area (Å²) in [5.74, 6) is -1.20. The predicted octanol–water partition coefficient (Wildman–Crippen LogP) is -0.634. The first-order chi connectivity index (χ1) is 7.72. The molecule has 0 fully saturated rings. The molecule has 1 aromatic heterocycles. The Morgan fingerprint density at radius 2 is 2.06 bits per heavy atom. The first kappa shape index (κ1) is 13.0. The number of amides is 1. The van der Waals surface area contributed by atoms with Gasteiger partial charge in [0, 0.05) is 13.2 Å². The van der Waals surface area contributed by atoms with Crippen LogP contribution in [0.4, 0.5) is 13.2 Å². The van der Waals surface area contributed by atoms with Crippen molar-refractivity contribution in [1.82, 2.24) is 14.9 Å². The first-order valence-electron chi connectivity index (χ1n) is 4.36. The Morgan fingerprint density at radius 3 is 2.59 bits per heavy atom. The molecule has 0 saturated carbocycles. The van der Waals surface area contributed by atoms with E-state index >= 15 is 0 Å². The quantitative estimate of drug-likeness (QED) is 0.733. The molecule has 0 aliphatic heterocycles. The van der Waals surface area contributed by atoms with Gasteiger partial charge in [0.2, 0.25) is 0 Å². The third kappa shape index (κ3) is 3.20. The van der Waals surface area contributed by atoms with E-state index in [-0.39, 0.29) is 0 Å². The molecule has 0 aliphatic carbocycles. The highest BCUT2D eigenvalue weighted by atomic mass is 19.4. The molecule has 1 heterocycles. The smallest absolute Gasteiger partial charge is 0.343 e. The zero-order chi connectivity index (χ0) is 13.2. The van der Waals surface area contributed by atoms with Gasteiger partial charge in [-0.25, -0.2) is 4.79 Å². The van der Waals surface area contributed by atoms with Crippen molar-refractivity contribution < 1.29 is 18.0 Å². The molecular formula is C8H8F3N3O3. The number of rotatable bonds is 2. The van der Waals surface area contributed by atoms with Crippen LogP contribution < -0.4 is 16.6 Å². The summed E-state index contributed by atoms with van der Waals surface area (Å²) in [6.07, 6.45) is -3.79. The van der Waals surface area contributed by atoms with Gasteiger partial charge in [-0.3, -0.25) is 14.2 Å². The lowest BCUT2D eigenvalue weighted by atomic mass is 10.3. The van der Waals surface area contributed by atoms with E-state index in [0.29, 0.717) is 4.57 Å². The SMILES string of the molecule is Cn1c(=O)[nH]cc(C(=O)NCC(F)(F)F)c1=O. The van der Waals surface area contributed by atoms with Crippen molar-refractivity contribution >= 4 is 5.91 Å². The largest absolute Gasteiger partial charge is 0.405 e. The van der Waals surface area contributed by atoms with Crippen molar-refractivity contribution in [2.75, 3.05) is 6.54 Å². The number of H-pyrrole nitrogens is 1. The molecule has 1 aromatic rings. The number of hydrogen-bond acceptors (Lipinski definition) is 3. The molecule has 0 bridgehead atoms. The second-order valence-electron chi connectivity index (χ2n) is 3.17. The van der Waals surface area contributed by atoms with E-state index in [1.807, 2.05) is 0 Å². The molecule has 0 spiro atoms. The number of halogens is 3. The Labute approximate surface area is 92.1 Å². The van der Waals surface area contributed by atoms with Gasteiger partial charge in [-0.05, 0) is 0 Å². The van der Waals surface area contributed by atoms with Gasteiger partial charge in [-0.2, -0.15) is 13.2 Å². The molecule has 1 rings (SSSR count). The molecule has 17 heavy (non-hydrogen) atoms. The number of aromatic nitrogens is 2. The molecule has 0 aromatic carbocycles. The van der Waals surface area contributed by atoms with E-state index in [4.69, 9.17) is 0 Å². The number of nitrogens with zero attached hydrogens (tertiary/aromatic N) is 1. The number of alkyl halides is 3. The van der Waals surface area contributed by atoms with Crippen molar-refractivity contribution in [2.24, 2.45) is 7.05 Å². The highest BCUT2D eigenvalue weighted by Crippen LogP contribution is 2.12. The van der Waals surface area contributed by atoms with Gasteiger partial charge in [0.05, 0.1) is 0 Å². The van der Waals surface area contributed by atoms with E-state index in [2.05, 4.69) is 4.98 Å². The maximum Gasteiger partial charge on any atom is 0.405 e. The molecule has 0 aliphatic rings. The molecule has 9 heteroatoms. The van der Waals surface area contributed by atoms with E-state index < -0.39 is 35.4 Å². The number of nitrogens with one attached hydrogen (secondary N) is 2. The molecule has 0 atom stereocenters. The summed E-state index contributed by atoms with van der Waals surface area (Å²) in [4.78, 5) is 35.6. The molecule has 6 nitrogen and oxygen atoms in total. The summed E-state index contributed by atoms with van der Waals surface area (Å²) in [5, 5.41) is 1.53. The van der Waals surface area contributed by atoms with E-state index in [9.17, 15) is 27.6 Å². The van der Waals surface area contributed by atoms with Crippen molar-refractivity contribution in [3.05, 3.63) is 32.6 Å². The Hall–Kier alpha value is -2.06. The van der Waals surface area contributed by atoms with Crippen LogP contribution in [0.25, 0.3) is 0 Å². The number of hydrogen-bond donors (Lipinski definition) is 2. The van der Waals surface area contributed by atoms with Crippen LogP contribution in [-0.2, 0) is 7.05 Å². The third-order valence-electron chi connectivity index (χ3n) is 1.87. The van der Waals surface area contributed by atoms with Gasteiger partial charge in [0.1, 0.15) is 12.1 Å². The minimum Gasteiger partial charge on any atom is -0.343 e. The third-order valence-corrected chi connectivity index (χ3v) is 1.87. The van der Waals surface area contributed by atoms with Gasteiger partial charge in [-0.15, -0.1) is 0 Å². The lowest BCUT2D eigenvalue weighted by Crippen LogP contribution is -2.41. The molecule has 1 amide bonds. The van der Waals surface area contributed by atoms with Crippen molar-refractivity contribution in [3.8, 4) is 0 Å². The predicted molar refractivity (Wildman–Crippen MR) is 50.7 cm³/mol. The Bertz CT molecular complexity index is 543. The van der Waals surface area contributed by atoms with Crippen molar-refractivity contribution in [3.63, 3.8) is 0 Å². The average Bonchev–Trinajstić information content (AvgIpc) is 2.22. The lowest BCUT2D eigenvalue weighted by Gasteiger charge is -2.08. The van der Waals surface area contributed by atoms with Crippen LogP contribution in [0.5, 0.6) is 0 Å². The van der Waals surface area contributed by atoms with Gasteiger partial charge in [-0.1, -0.05) is 0 Å². The van der Waals surface area contributed by atoms with Crippen molar-refractivity contribution in [2.45, 2.75) is 6.18 Å². The second kappa shape index (κ2) is 4.44. The van der Waals surface area contributed by atoms with E-state index in [0.717, 1.165) is 13.2 Å². The Kier molecular flexibility index (Phi) is 3.39. The Morgan fingerprint density at radius 1 is 1.47 bits per heavy atom. The summed E-state index contributed by atoms with van der Waals surface area (Å²) in [6, 6.07) is 0.